The lowest BCUT2D eigenvalue weighted by Gasteiger charge is -2.16. The highest BCUT2D eigenvalue weighted by atomic mass is 35.5. The fourth-order valence-corrected chi connectivity index (χ4v) is 1.90. The maximum absolute atomic E-state index is 11.5. The molecule has 1 atom stereocenters. The SMILES string of the molecule is COC(CN)CC(=O)NCCN1CCCC1.Cl.Cl. The van der Waals surface area contributed by atoms with Gasteiger partial charge >= 0.3 is 0 Å². The van der Waals surface area contributed by atoms with E-state index in [1.54, 1.807) is 7.11 Å². The first kappa shape index (κ1) is 20.3. The van der Waals surface area contributed by atoms with Crippen LogP contribution in [0.5, 0.6) is 0 Å². The summed E-state index contributed by atoms with van der Waals surface area (Å²) in [6.07, 6.45) is 2.76. The normalized spacial score (nSPS) is 16.6. The first-order valence-corrected chi connectivity index (χ1v) is 5.98. The van der Waals surface area contributed by atoms with Crippen molar-refractivity contribution in [2.45, 2.75) is 25.4 Å². The Bertz CT molecular complexity index is 210. The van der Waals surface area contributed by atoms with Crippen LogP contribution >= 0.6 is 24.8 Å². The van der Waals surface area contributed by atoms with Gasteiger partial charge < -0.3 is 20.7 Å². The summed E-state index contributed by atoms with van der Waals surface area (Å²) in [5.41, 5.74) is 5.45. The molecule has 3 N–H and O–H groups in total. The van der Waals surface area contributed by atoms with Crippen molar-refractivity contribution in [3.05, 3.63) is 0 Å². The first-order chi connectivity index (χ1) is 7.76. The number of nitrogens with one attached hydrogen (secondary N) is 1. The topological polar surface area (TPSA) is 67.6 Å². The van der Waals surface area contributed by atoms with Crippen molar-refractivity contribution in [3.8, 4) is 0 Å². The zero-order valence-electron chi connectivity index (χ0n) is 10.9. The Hall–Kier alpha value is -0.0700. The summed E-state index contributed by atoms with van der Waals surface area (Å²) in [6.45, 7) is 4.39. The van der Waals surface area contributed by atoms with Gasteiger partial charge in [0, 0.05) is 26.7 Å². The summed E-state index contributed by atoms with van der Waals surface area (Å²) >= 11 is 0. The Morgan fingerprint density at radius 2 is 2.00 bits per heavy atom. The van der Waals surface area contributed by atoms with Crippen LogP contribution in [0.1, 0.15) is 19.3 Å². The third-order valence-corrected chi connectivity index (χ3v) is 2.96. The molecular weight excluding hydrogens is 277 g/mol. The Kier molecular flexibility index (Phi) is 13.5. The lowest BCUT2D eigenvalue weighted by molar-refractivity contribution is -0.123. The van der Waals surface area contributed by atoms with E-state index in [0.29, 0.717) is 13.0 Å². The molecule has 1 saturated heterocycles. The first-order valence-electron chi connectivity index (χ1n) is 5.98. The quantitative estimate of drug-likeness (QED) is 0.714. The zero-order valence-corrected chi connectivity index (χ0v) is 12.5. The molecule has 1 fully saturated rings. The molecule has 1 aliphatic rings. The fraction of sp³-hybridized carbons (Fsp3) is 0.909. The van der Waals surface area contributed by atoms with Crippen LogP contribution < -0.4 is 11.1 Å². The van der Waals surface area contributed by atoms with E-state index in [1.165, 1.54) is 25.9 Å². The maximum Gasteiger partial charge on any atom is 0.222 e. The lowest BCUT2D eigenvalue weighted by Crippen LogP contribution is -2.36. The van der Waals surface area contributed by atoms with Gasteiger partial charge in [0.2, 0.25) is 5.91 Å². The van der Waals surface area contributed by atoms with E-state index < -0.39 is 0 Å². The van der Waals surface area contributed by atoms with Gasteiger partial charge in [-0.3, -0.25) is 4.79 Å². The lowest BCUT2D eigenvalue weighted by atomic mass is 10.2. The third-order valence-electron chi connectivity index (χ3n) is 2.96. The van der Waals surface area contributed by atoms with E-state index in [4.69, 9.17) is 10.5 Å². The summed E-state index contributed by atoms with van der Waals surface area (Å²) in [6, 6.07) is 0. The molecule has 1 heterocycles. The van der Waals surface area contributed by atoms with E-state index in [-0.39, 0.29) is 36.8 Å². The van der Waals surface area contributed by atoms with Crippen LogP contribution in [-0.2, 0) is 9.53 Å². The number of likely N-dealkylation sites (tertiary alicyclic amines) is 1. The highest BCUT2D eigenvalue weighted by Gasteiger charge is 2.13. The molecule has 0 bridgehead atoms. The predicted octanol–water partition coefficient (Wildman–Crippen LogP) is 0.406. The van der Waals surface area contributed by atoms with Crippen LogP contribution in [0.3, 0.4) is 0 Å². The third kappa shape index (κ3) is 8.11. The van der Waals surface area contributed by atoms with Gasteiger partial charge in [0.05, 0.1) is 12.5 Å². The van der Waals surface area contributed by atoms with Gasteiger partial charge in [-0.1, -0.05) is 0 Å². The standard InChI is InChI=1S/C11H23N3O2.2ClH/c1-16-10(9-12)8-11(15)13-4-7-14-5-2-3-6-14;;/h10H,2-9,12H2,1H3,(H,13,15);2*1H. The molecule has 18 heavy (non-hydrogen) atoms. The molecular formula is C11H25Cl2N3O2. The minimum Gasteiger partial charge on any atom is -0.380 e. The number of halogens is 2. The van der Waals surface area contributed by atoms with Crippen molar-refractivity contribution in [1.29, 1.82) is 0 Å². The molecule has 110 valence electrons. The number of hydrogen-bond acceptors (Lipinski definition) is 4. The molecule has 0 saturated carbocycles. The number of hydrogen-bond donors (Lipinski definition) is 2. The Balaban J connectivity index is 0. The van der Waals surface area contributed by atoms with Gasteiger partial charge in [0.25, 0.3) is 0 Å². The highest BCUT2D eigenvalue weighted by Crippen LogP contribution is 2.05. The number of amides is 1. The summed E-state index contributed by atoms with van der Waals surface area (Å²) in [7, 11) is 1.58. The van der Waals surface area contributed by atoms with Crippen molar-refractivity contribution in [1.82, 2.24) is 10.2 Å². The number of nitrogens with zero attached hydrogens (tertiary/aromatic N) is 1. The molecule has 1 rings (SSSR count). The van der Waals surface area contributed by atoms with Crippen LogP contribution in [0.15, 0.2) is 0 Å². The summed E-state index contributed by atoms with van der Waals surface area (Å²) in [5.74, 6) is 0.0245. The van der Waals surface area contributed by atoms with Crippen molar-refractivity contribution in [2.75, 3.05) is 39.8 Å². The van der Waals surface area contributed by atoms with Crippen LogP contribution in [0, 0.1) is 0 Å². The highest BCUT2D eigenvalue weighted by molar-refractivity contribution is 5.85. The number of methoxy groups -OCH3 is 1. The average Bonchev–Trinajstić information content (AvgIpc) is 2.79. The van der Waals surface area contributed by atoms with E-state index in [9.17, 15) is 4.79 Å². The van der Waals surface area contributed by atoms with E-state index >= 15 is 0 Å². The molecule has 7 heteroatoms. The molecule has 0 aromatic heterocycles. The Labute approximate surface area is 122 Å². The molecule has 1 amide bonds. The van der Waals surface area contributed by atoms with Crippen LogP contribution in [-0.4, -0.2) is 56.7 Å². The van der Waals surface area contributed by atoms with Gasteiger partial charge in [-0.25, -0.2) is 0 Å². The van der Waals surface area contributed by atoms with Gasteiger partial charge in [-0.2, -0.15) is 0 Å². The molecule has 0 spiro atoms. The second-order valence-corrected chi connectivity index (χ2v) is 4.20. The van der Waals surface area contributed by atoms with Crippen LogP contribution in [0.4, 0.5) is 0 Å². The van der Waals surface area contributed by atoms with Crippen LogP contribution in [0.2, 0.25) is 0 Å². The number of ether oxygens (including phenoxy) is 1. The second-order valence-electron chi connectivity index (χ2n) is 4.20. The monoisotopic (exact) mass is 301 g/mol. The molecule has 5 nitrogen and oxygen atoms in total. The van der Waals surface area contributed by atoms with E-state index in [1.807, 2.05) is 0 Å². The van der Waals surface area contributed by atoms with Crippen molar-refractivity contribution in [3.63, 3.8) is 0 Å². The minimum absolute atomic E-state index is 0. The molecule has 0 aromatic carbocycles. The summed E-state index contributed by atoms with van der Waals surface area (Å²) < 4.78 is 5.05. The van der Waals surface area contributed by atoms with E-state index in [2.05, 4.69) is 10.2 Å². The van der Waals surface area contributed by atoms with Gasteiger partial charge in [0.15, 0.2) is 0 Å². The van der Waals surface area contributed by atoms with Crippen molar-refractivity contribution in [2.24, 2.45) is 5.73 Å². The molecule has 0 radical (unpaired) electrons. The van der Waals surface area contributed by atoms with Gasteiger partial charge in [-0.05, 0) is 25.9 Å². The molecule has 0 aromatic rings. The predicted molar refractivity (Wildman–Crippen MR) is 77.6 cm³/mol. The molecule has 1 unspecified atom stereocenters. The number of carbonyl (C=O) groups excluding carboxylic acids is 1. The number of rotatable bonds is 7. The largest absolute Gasteiger partial charge is 0.380 e. The number of carbonyl (C=O) groups is 1. The maximum atomic E-state index is 11.5. The van der Waals surface area contributed by atoms with Gasteiger partial charge in [0.1, 0.15) is 0 Å². The molecule has 1 aliphatic heterocycles. The van der Waals surface area contributed by atoms with Crippen LogP contribution in [0.25, 0.3) is 0 Å². The average molecular weight is 302 g/mol. The Morgan fingerprint density at radius 3 is 2.50 bits per heavy atom. The molecule has 0 aliphatic carbocycles. The smallest absolute Gasteiger partial charge is 0.222 e. The fourth-order valence-electron chi connectivity index (χ4n) is 1.90. The minimum atomic E-state index is -0.160. The Morgan fingerprint density at radius 1 is 1.39 bits per heavy atom. The second kappa shape index (κ2) is 12.0. The van der Waals surface area contributed by atoms with Crippen molar-refractivity contribution >= 4 is 30.7 Å². The zero-order chi connectivity index (χ0) is 11.8. The van der Waals surface area contributed by atoms with Crippen molar-refractivity contribution < 1.29 is 9.53 Å². The van der Waals surface area contributed by atoms with E-state index in [0.717, 1.165) is 13.1 Å². The number of nitrogens with two attached hydrogens (primary N) is 1. The van der Waals surface area contributed by atoms with Gasteiger partial charge in [-0.15, -0.1) is 24.8 Å². The summed E-state index contributed by atoms with van der Waals surface area (Å²) in [4.78, 5) is 13.9. The summed E-state index contributed by atoms with van der Waals surface area (Å²) in [5, 5.41) is 2.89.